The van der Waals surface area contributed by atoms with Crippen LogP contribution in [-0.4, -0.2) is 9.55 Å². The van der Waals surface area contributed by atoms with Crippen LogP contribution in [0.3, 0.4) is 0 Å². The van der Waals surface area contributed by atoms with Crippen LogP contribution in [0.4, 0.5) is 5.95 Å². The van der Waals surface area contributed by atoms with Crippen LogP contribution in [0.2, 0.25) is 0 Å². The number of hydrogen-bond donors (Lipinski definition) is 1. The first-order valence-electron chi connectivity index (χ1n) is 5.62. The second-order valence-electron chi connectivity index (χ2n) is 4.03. The van der Waals surface area contributed by atoms with Crippen LogP contribution < -0.4 is 5.73 Å². The predicted octanol–water partition coefficient (Wildman–Crippen LogP) is 2.32. The average molecular weight is 193 g/mol. The van der Waals surface area contributed by atoms with Crippen LogP contribution in [-0.2, 0) is 13.0 Å². The van der Waals surface area contributed by atoms with E-state index in [-0.39, 0.29) is 0 Å². The van der Waals surface area contributed by atoms with Gasteiger partial charge in [0.25, 0.3) is 0 Å². The summed E-state index contributed by atoms with van der Waals surface area (Å²) in [5.41, 5.74) is 8.53. The van der Waals surface area contributed by atoms with Crippen LogP contribution >= 0.6 is 0 Å². The average Bonchev–Trinajstić information content (AvgIpc) is 2.40. The number of aryl methyl sites for hydroxylation is 1. The molecule has 1 aromatic heterocycles. The van der Waals surface area contributed by atoms with Gasteiger partial charge in [-0.1, -0.05) is 13.3 Å². The first-order chi connectivity index (χ1) is 6.77. The molecule has 0 spiro atoms. The molecule has 0 aromatic carbocycles. The highest BCUT2D eigenvalue weighted by atomic mass is 15.2. The molecule has 0 bridgehead atoms. The third-order valence-corrected chi connectivity index (χ3v) is 3.26. The zero-order valence-corrected chi connectivity index (χ0v) is 9.08. The molecule has 0 amide bonds. The lowest BCUT2D eigenvalue weighted by atomic mass is 9.81. The summed E-state index contributed by atoms with van der Waals surface area (Å²) < 4.78 is 2.18. The normalized spacial score (nSPS) is 17.0. The maximum atomic E-state index is 5.90. The third-order valence-electron chi connectivity index (χ3n) is 3.26. The molecule has 14 heavy (non-hydrogen) atoms. The number of rotatable bonds is 3. The maximum Gasteiger partial charge on any atom is 0.200 e. The summed E-state index contributed by atoms with van der Waals surface area (Å²) in [6.07, 6.45) is 5.00. The van der Waals surface area contributed by atoms with Crippen molar-refractivity contribution < 1.29 is 0 Å². The molecular formula is C11H19N3. The van der Waals surface area contributed by atoms with E-state index < -0.39 is 0 Å². The number of imidazole rings is 1. The Labute approximate surface area is 85.3 Å². The largest absolute Gasteiger partial charge is 0.369 e. The van der Waals surface area contributed by atoms with Crippen LogP contribution in [0.5, 0.6) is 0 Å². The Morgan fingerprint density at radius 1 is 1.43 bits per heavy atom. The van der Waals surface area contributed by atoms with Gasteiger partial charge in [0, 0.05) is 18.2 Å². The highest BCUT2D eigenvalue weighted by molar-refractivity contribution is 5.32. The van der Waals surface area contributed by atoms with E-state index in [0.717, 1.165) is 18.9 Å². The van der Waals surface area contributed by atoms with Crippen molar-refractivity contribution >= 4 is 5.95 Å². The zero-order chi connectivity index (χ0) is 10.1. The highest BCUT2D eigenvalue weighted by Gasteiger charge is 2.26. The van der Waals surface area contributed by atoms with Gasteiger partial charge in [0.05, 0.1) is 5.69 Å². The van der Waals surface area contributed by atoms with Gasteiger partial charge >= 0.3 is 0 Å². The lowest BCUT2D eigenvalue weighted by Crippen LogP contribution is -2.16. The van der Waals surface area contributed by atoms with E-state index in [1.165, 1.54) is 30.7 Å². The molecule has 1 aliphatic rings. The summed E-state index contributed by atoms with van der Waals surface area (Å²) in [5.74, 6) is 1.43. The van der Waals surface area contributed by atoms with Gasteiger partial charge in [-0.3, -0.25) is 0 Å². The van der Waals surface area contributed by atoms with E-state index in [1.54, 1.807) is 0 Å². The van der Waals surface area contributed by atoms with Gasteiger partial charge in [-0.15, -0.1) is 0 Å². The number of nitrogens with two attached hydrogens (primary N) is 1. The Kier molecular flexibility index (Phi) is 2.48. The van der Waals surface area contributed by atoms with Crippen LogP contribution in [0.1, 0.15) is 50.4 Å². The first kappa shape index (κ1) is 9.56. The zero-order valence-electron chi connectivity index (χ0n) is 9.08. The molecule has 3 heteroatoms. The Bertz CT molecular complexity index is 324. The van der Waals surface area contributed by atoms with Crippen molar-refractivity contribution in [2.75, 3.05) is 5.73 Å². The van der Waals surface area contributed by atoms with E-state index in [1.807, 2.05) is 0 Å². The topological polar surface area (TPSA) is 43.8 Å². The van der Waals surface area contributed by atoms with Gasteiger partial charge in [0.2, 0.25) is 5.95 Å². The van der Waals surface area contributed by atoms with Crippen molar-refractivity contribution in [3.63, 3.8) is 0 Å². The molecule has 1 aliphatic carbocycles. The Balaban J connectivity index is 2.41. The second-order valence-corrected chi connectivity index (χ2v) is 4.03. The fourth-order valence-electron chi connectivity index (χ4n) is 2.27. The van der Waals surface area contributed by atoms with E-state index >= 15 is 0 Å². The quantitative estimate of drug-likeness (QED) is 0.800. The molecule has 3 nitrogen and oxygen atoms in total. The molecule has 1 fully saturated rings. The Morgan fingerprint density at radius 2 is 2.14 bits per heavy atom. The van der Waals surface area contributed by atoms with E-state index in [2.05, 4.69) is 23.4 Å². The van der Waals surface area contributed by atoms with E-state index in [0.29, 0.717) is 5.95 Å². The second kappa shape index (κ2) is 3.64. The van der Waals surface area contributed by atoms with Crippen molar-refractivity contribution in [2.24, 2.45) is 0 Å². The number of nitrogens with zero attached hydrogens (tertiary/aromatic N) is 2. The molecule has 0 atom stereocenters. The van der Waals surface area contributed by atoms with Crippen molar-refractivity contribution in [2.45, 2.75) is 52.0 Å². The third kappa shape index (κ3) is 1.31. The van der Waals surface area contributed by atoms with Gasteiger partial charge in [-0.05, 0) is 26.2 Å². The fourth-order valence-corrected chi connectivity index (χ4v) is 2.27. The maximum absolute atomic E-state index is 5.90. The van der Waals surface area contributed by atoms with Crippen molar-refractivity contribution in [3.05, 3.63) is 11.4 Å². The molecule has 0 unspecified atom stereocenters. The SMILES string of the molecule is CCc1nc(N)n(CC)c1C1CCC1. The molecule has 0 aliphatic heterocycles. The summed E-state index contributed by atoms with van der Waals surface area (Å²) in [6, 6.07) is 0. The fraction of sp³-hybridized carbons (Fsp3) is 0.727. The minimum absolute atomic E-state index is 0.700. The molecule has 0 radical (unpaired) electrons. The molecule has 1 saturated carbocycles. The van der Waals surface area contributed by atoms with Gasteiger partial charge in [-0.2, -0.15) is 0 Å². The Morgan fingerprint density at radius 3 is 2.57 bits per heavy atom. The summed E-state index contributed by atoms with van der Waals surface area (Å²) >= 11 is 0. The number of aromatic nitrogens is 2. The van der Waals surface area contributed by atoms with Gasteiger partial charge < -0.3 is 10.3 Å². The molecule has 78 valence electrons. The standard InChI is InChI=1S/C11H19N3/c1-3-9-10(8-6-5-7-8)14(4-2)11(12)13-9/h8H,3-7H2,1-2H3,(H2,12,13). The van der Waals surface area contributed by atoms with Crippen molar-refractivity contribution in [1.82, 2.24) is 9.55 Å². The molecule has 1 heterocycles. The van der Waals surface area contributed by atoms with E-state index in [9.17, 15) is 0 Å². The minimum Gasteiger partial charge on any atom is -0.369 e. The van der Waals surface area contributed by atoms with Crippen LogP contribution in [0.15, 0.2) is 0 Å². The predicted molar refractivity (Wildman–Crippen MR) is 58.3 cm³/mol. The molecule has 0 saturated heterocycles. The van der Waals surface area contributed by atoms with Gasteiger partial charge in [-0.25, -0.2) is 4.98 Å². The first-order valence-corrected chi connectivity index (χ1v) is 5.62. The summed E-state index contributed by atoms with van der Waals surface area (Å²) in [4.78, 5) is 4.44. The van der Waals surface area contributed by atoms with Crippen LogP contribution in [0.25, 0.3) is 0 Å². The summed E-state index contributed by atoms with van der Waals surface area (Å²) in [6.45, 7) is 5.24. The van der Waals surface area contributed by atoms with Crippen LogP contribution in [0, 0.1) is 0 Å². The molecule has 2 N–H and O–H groups in total. The smallest absolute Gasteiger partial charge is 0.200 e. The van der Waals surface area contributed by atoms with Crippen molar-refractivity contribution in [3.8, 4) is 0 Å². The number of nitrogen functional groups attached to an aromatic ring is 1. The summed E-state index contributed by atoms with van der Waals surface area (Å²) in [5, 5.41) is 0. The van der Waals surface area contributed by atoms with Crippen molar-refractivity contribution in [1.29, 1.82) is 0 Å². The number of hydrogen-bond acceptors (Lipinski definition) is 2. The molecule has 1 aromatic rings. The summed E-state index contributed by atoms with van der Waals surface area (Å²) in [7, 11) is 0. The van der Waals surface area contributed by atoms with E-state index in [4.69, 9.17) is 5.73 Å². The van der Waals surface area contributed by atoms with Gasteiger partial charge in [0.15, 0.2) is 0 Å². The Hall–Kier alpha value is -0.990. The highest BCUT2D eigenvalue weighted by Crippen LogP contribution is 2.38. The number of anilines is 1. The lowest BCUT2D eigenvalue weighted by Gasteiger charge is -2.27. The monoisotopic (exact) mass is 193 g/mol. The molecule has 2 rings (SSSR count). The van der Waals surface area contributed by atoms with Gasteiger partial charge in [0.1, 0.15) is 0 Å². The molecular weight excluding hydrogens is 174 g/mol. The lowest BCUT2D eigenvalue weighted by molar-refractivity contribution is 0.396. The minimum atomic E-state index is 0.700.